The number of sulfonamides is 1. The lowest BCUT2D eigenvalue weighted by Gasteiger charge is -2.12. The number of rotatable bonds is 7. The molecule has 1 unspecified atom stereocenters. The van der Waals surface area contributed by atoms with Gasteiger partial charge >= 0.3 is 0 Å². The van der Waals surface area contributed by atoms with Gasteiger partial charge in [-0.05, 0) is 44.4 Å². The number of benzene rings is 1. The van der Waals surface area contributed by atoms with Crippen LogP contribution in [0.1, 0.15) is 37.8 Å². The molecule has 0 saturated carbocycles. The number of hydrogen-bond donors (Lipinski definition) is 2. The van der Waals surface area contributed by atoms with E-state index in [0.717, 1.165) is 12.0 Å². The predicted molar refractivity (Wildman–Crippen MR) is 83.6 cm³/mol. The van der Waals surface area contributed by atoms with Crippen LogP contribution in [0.25, 0.3) is 0 Å². The van der Waals surface area contributed by atoms with E-state index in [1.807, 2.05) is 26.8 Å². The topological polar surface area (TPSA) is 75.3 Å². The summed E-state index contributed by atoms with van der Waals surface area (Å²) < 4.78 is 26.9. The van der Waals surface area contributed by atoms with Crippen LogP contribution in [0, 0.1) is 13.8 Å². The van der Waals surface area contributed by atoms with Crippen molar-refractivity contribution in [3.05, 3.63) is 29.3 Å². The summed E-state index contributed by atoms with van der Waals surface area (Å²) in [4.78, 5) is 11.9. The van der Waals surface area contributed by atoms with E-state index in [4.69, 9.17) is 0 Å². The van der Waals surface area contributed by atoms with Crippen molar-refractivity contribution in [2.24, 2.45) is 0 Å². The largest absolute Gasteiger partial charge is 0.354 e. The fourth-order valence-electron chi connectivity index (χ4n) is 1.82. The van der Waals surface area contributed by atoms with Gasteiger partial charge in [-0.15, -0.1) is 0 Å². The molecule has 0 aromatic heterocycles. The predicted octanol–water partition coefficient (Wildman–Crippen LogP) is 1.89. The number of carbonyl (C=O) groups is 1. The maximum absolute atomic E-state index is 12.2. The molecule has 0 aliphatic heterocycles. The molecule has 6 heteroatoms. The Labute approximate surface area is 127 Å². The third kappa shape index (κ3) is 5.47. The highest BCUT2D eigenvalue weighted by atomic mass is 32.2. The Morgan fingerprint density at radius 1 is 1.29 bits per heavy atom. The van der Waals surface area contributed by atoms with Gasteiger partial charge in [-0.1, -0.05) is 19.1 Å². The van der Waals surface area contributed by atoms with E-state index in [1.54, 1.807) is 19.1 Å². The van der Waals surface area contributed by atoms with Gasteiger partial charge in [0.1, 0.15) is 0 Å². The standard InChI is InChI=1S/C15H24N2O3S/c1-5-13(4)17-15(18)8-9-16-21(19,20)14-10-11(2)6-7-12(14)3/h6-7,10,13,16H,5,8-9H2,1-4H3,(H,17,18). The summed E-state index contributed by atoms with van der Waals surface area (Å²) in [6.45, 7) is 7.59. The van der Waals surface area contributed by atoms with Crippen molar-refractivity contribution in [1.82, 2.24) is 10.0 Å². The number of aryl methyl sites for hydroxylation is 2. The Morgan fingerprint density at radius 2 is 1.95 bits per heavy atom. The van der Waals surface area contributed by atoms with E-state index in [0.29, 0.717) is 5.56 Å². The third-order valence-electron chi connectivity index (χ3n) is 3.30. The number of amides is 1. The van der Waals surface area contributed by atoms with E-state index >= 15 is 0 Å². The molecule has 5 nitrogen and oxygen atoms in total. The highest BCUT2D eigenvalue weighted by Crippen LogP contribution is 2.16. The van der Waals surface area contributed by atoms with Crippen molar-refractivity contribution >= 4 is 15.9 Å². The van der Waals surface area contributed by atoms with Crippen LogP contribution >= 0.6 is 0 Å². The van der Waals surface area contributed by atoms with E-state index in [-0.39, 0.29) is 29.8 Å². The lowest BCUT2D eigenvalue weighted by molar-refractivity contribution is -0.121. The maximum atomic E-state index is 12.2. The molecule has 0 aliphatic rings. The van der Waals surface area contributed by atoms with E-state index < -0.39 is 10.0 Å². The zero-order valence-corrected chi connectivity index (χ0v) is 13.9. The van der Waals surface area contributed by atoms with Crippen molar-refractivity contribution in [1.29, 1.82) is 0 Å². The molecule has 0 saturated heterocycles. The first-order chi connectivity index (χ1) is 9.76. The van der Waals surface area contributed by atoms with Crippen LogP contribution in [-0.2, 0) is 14.8 Å². The van der Waals surface area contributed by atoms with Gasteiger partial charge in [0.2, 0.25) is 15.9 Å². The van der Waals surface area contributed by atoms with Crippen LogP contribution in [0.5, 0.6) is 0 Å². The van der Waals surface area contributed by atoms with Crippen LogP contribution in [0.3, 0.4) is 0 Å². The molecule has 1 aromatic rings. The lowest BCUT2D eigenvalue weighted by atomic mass is 10.2. The molecular formula is C15H24N2O3S. The molecule has 0 heterocycles. The summed E-state index contributed by atoms with van der Waals surface area (Å²) in [5, 5.41) is 2.80. The molecule has 21 heavy (non-hydrogen) atoms. The summed E-state index contributed by atoms with van der Waals surface area (Å²) in [6.07, 6.45) is 0.981. The first-order valence-electron chi connectivity index (χ1n) is 7.12. The highest BCUT2D eigenvalue weighted by Gasteiger charge is 2.17. The van der Waals surface area contributed by atoms with Crippen LogP contribution in [0.4, 0.5) is 0 Å². The molecule has 0 spiro atoms. The Balaban J connectivity index is 2.62. The molecule has 1 rings (SSSR count). The van der Waals surface area contributed by atoms with Gasteiger partial charge in [-0.25, -0.2) is 13.1 Å². The third-order valence-corrected chi connectivity index (χ3v) is 4.90. The first-order valence-corrected chi connectivity index (χ1v) is 8.61. The molecular weight excluding hydrogens is 288 g/mol. The molecule has 1 aromatic carbocycles. The second kappa shape index (κ2) is 7.56. The van der Waals surface area contributed by atoms with Crippen LogP contribution in [-0.4, -0.2) is 26.9 Å². The summed E-state index contributed by atoms with van der Waals surface area (Å²) >= 11 is 0. The minimum absolute atomic E-state index is 0.0952. The molecule has 118 valence electrons. The van der Waals surface area contributed by atoms with Crippen molar-refractivity contribution in [3.8, 4) is 0 Å². The van der Waals surface area contributed by atoms with Crippen LogP contribution in [0.15, 0.2) is 23.1 Å². The molecule has 0 aliphatic carbocycles. The van der Waals surface area contributed by atoms with Gasteiger partial charge in [-0.2, -0.15) is 0 Å². The van der Waals surface area contributed by atoms with Crippen molar-refractivity contribution in [2.75, 3.05) is 6.54 Å². The SMILES string of the molecule is CCC(C)NC(=O)CCNS(=O)(=O)c1cc(C)ccc1C. The molecule has 1 atom stereocenters. The first kappa shape index (κ1) is 17.7. The van der Waals surface area contributed by atoms with Gasteiger partial charge in [0, 0.05) is 19.0 Å². The zero-order chi connectivity index (χ0) is 16.0. The van der Waals surface area contributed by atoms with Gasteiger partial charge in [0.25, 0.3) is 0 Å². The van der Waals surface area contributed by atoms with Gasteiger partial charge in [-0.3, -0.25) is 4.79 Å². The minimum atomic E-state index is -3.57. The van der Waals surface area contributed by atoms with E-state index in [2.05, 4.69) is 10.0 Å². The lowest BCUT2D eigenvalue weighted by Crippen LogP contribution is -2.35. The monoisotopic (exact) mass is 312 g/mol. The molecule has 0 fully saturated rings. The molecule has 1 amide bonds. The van der Waals surface area contributed by atoms with Crippen LogP contribution in [0.2, 0.25) is 0 Å². The van der Waals surface area contributed by atoms with Crippen LogP contribution < -0.4 is 10.0 Å². The zero-order valence-electron chi connectivity index (χ0n) is 13.1. The maximum Gasteiger partial charge on any atom is 0.240 e. The Bertz CT molecular complexity index is 597. The second-order valence-corrected chi connectivity index (χ2v) is 7.03. The summed E-state index contributed by atoms with van der Waals surface area (Å²) in [5.74, 6) is -0.145. The molecule has 2 N–H and O–H groups in total. The fraction of sp³-hybridized carbons (Fsp3) is 0.533. The smallest absolute Gasteiger partial charge is 0.240 e. The second-order valence-electron chi connectivity index (χ2n) is 5.29. The van der Waals surface area contributed by atoms with Gasteiger partial charge < -0.3 is 5.32 Å². The van der Waals surface area contributed by atoms with E-state index in [9.17, 15) is 13.2 Å². The molecule has 0 bridgehead atoms. The average Bonchev–Trinajstić information content (AvgIpc) is 2.40. The number of nitrogens with one attached hydrogen (secondary N) is 2. The van der Waals surface area contributed by atoms with Crippen molar-refractivity contribution < 1.29 is 13.2 Å². The molecule has 0 radical (unpaired) electrons. The van der Waals surface area contributed by atoms with E-state index in [1.165, 1.54) is 0 Å². The van der Waals surface area contributed by atoms with Gasteiger partial charge in [0.05, 0.1) is 4.90 Å². The number of hydrogen-bond acceptors (Lipinski definition) is 3. The Hall–Kier alpha value is -1.40. The summed E-state index contributed by atoms with van der Waals surface area (Å²) in [6, 6.07) is 5.39. The minimum Gasteiger partial charge on any atom is -0.354 e. The summed E-state index contributed by atoms with van der Waals surface area (Å²) in [5.41, 5.74) is 1.58. The average molecular weight is 312 g/mol. The normalized spacial score (nSPS) is 13.0. The van der Waals surface area contributed by atoms with Crippen molar-refractivity contribution in [3.63, 3.8) is 0 Å². The number of carbonyl (C=O) groups excluding carboxylic acids is 1. The highest BCUT2D eigenvalue weighted by molar-refractivity contribution is 7.89. The Morgan fingerprint density at radius 3 is 2.57 bits per heavy atom. The van der Waals surface area contributed by atoms with Gasteiger partial charge in [0.15, 0.2) is 0 Å². The Kier molecular flexibility index (Phi) is 6.36. The fourth-order valence-corrected chi connectivity index (χ4v) is 3.18. The van der Waals surface area contributed by atoms with Crippen molar-refractivity contribution in [2.45, 2.75) is 51.5 Å². The quantitative estimate of drug-likeness (QED) is 0.807. The summed E-state index contributed by atoms with van der Waals surface area (Å²) in [7, 11) is -3.57.